The summed E-state index contributed by atoms with van der Waals surface area (Å²) in [5.41, 5.74) is 5.59. The zero-order valence-electron chi connectivity index (χ0n) is 12.5. The molecule has 21 heavy (non-hydrogen) atoms. The van der Waals surface area contributed by atoms with Gasteiger partial charge in [0.05, 0.1) is 0 Å². The molecule has 0 bridgehead atoms. The summed E-state index contributed by atoms with van der Waals surface area (Å²) >= 11 is 3.39. The normalized spacial score (nSPS) is 16.9. The van der Waals surface area contributed by atoms with Gasteiger partial charge in [-0.3, -0.25) is 4.79 Å². The molecule has 116 valence electrons. The Hall–Kier alpha value is -1.14. The van der Waals surface area contributed by atoms with E-state index in [1.807, 2.05) is 17.0 Å². The van der Waals surface area contributed by atoms with Crippen LogP contribution in [0.3, 0.4) is 0 Å². The third-order valence-electron chi connectivity index (χ3n) is 3.92. The number of nitrogens with two attached hydrogens (primary N) is 1. The molecule has 2 N–H and O–H groups in total. The Labute approximate surface area is 134 Å². The Morgan fingerprint density at radius 1 is 1.38 bits per heavy atom. The summed E-state index contributed by atoms with van der Waals surface area (Å²) in [6, 6.07) is 4.00. The van der Waals surface area contributed by atoms with Crippen LogP contribution >= 0.6 is 15.9 Å². The van der Waals surface area contributed by atoms with Crippen molar-refractivity contribution in [2.75, 3.05) is 37.6 Å². The van der Waals surface area contributed by atoms with Gasteiger partial charge in [-0.15, -0.1) is 0 Å². The quantitative estimate of drug-likeness (QED) is 0.876. The predicted molar refractivity (Wildman–Crippen MR) is 88.2 cm³/mol. The van der Waals surface area contributed by atoms with Crippen LogP contribution < -0.4 is 10.6 Å². The monoisotopic (exact) mass is 354 g/mol. The Bertz CT molecular complexity index is 457. The minimum Gasteiger partial charge on any atom is -0.353 e. The van der Waals surface area contributed by atoms with Gasteiger partial charge in [0, 0.05) is 43.3 Å². The van der Waals surface area contributed by atoms with E-state index >= 15 is 0 Å². The maximum absolute atomic E-state index is 12.2. The molecule has 5 nitrogen and oxygen atoms in total. The molecule has 1 atom stereocenters. The van der Waals surface area contributed by atoms with Crippen molar-refractivity contribution in [2.24, 2.45) is 11.7 Å². The van der Waals surface area contributed by atoms with Gasteiger partial charge in [-0.1, -0.05) is 6.92 Å². The molecule has 6 heteroatoms. The fourth-order valence-corrected chi connectivity index (χ4v) is 2.62. The summed E-state index contributed by atoms with van der Waals surface area (Å²) in [5, 5.41) is 0. The number of hydrogen-bond donors (Lipinski definition) is 1. The lowest BCUT2D eigenvalue weighted by Gasteiger charge is -2.35. The summed E-state index contributed by atoms with van der Waals surface area (Å²) < 4.78 is 0.981. The van der Waals surface area contributed by atoms with Crippen LogP contribution in [0.5, 0.6) is 0 Å². The first-order valence-corrected chi connectivity index (χ1v) is 8.24. The molecular formula is C15H23BrN4O. The predicted octanol–water partition coefficient (Wildman–Crippen LogP) is 1.87. The van der Waals surface area contributed by atoms with Crippen molar-refractivity contribution >= 4 is 27.7 Å². The molecule has 2 heterocycles. The molecule has 0 aliphatic carbocycles. The van der Waals surface area contributed by atoms with E-state index in [1.165, 1.54) is 0 Å². The topological polar surface area (TPSA) is 62.5 Å². The van der Waals surface area contributed by atoms with E-state index < -0.39 is 0 Å². The fourth-order valence-electron chi connectivity index (χ4n) is 2.39. The van der Waals surface area contributed by atoms with E-state index in [-0.39, 0.29) is 5.91 Å². The highest BCUT2D eigenvalue weighted by Gasteiger charge is 2.21. The molecule has 1 amide bonds. The molecule has 0 radical (unpaired) electrons. The summed E-state index contributed by atoms with van der Waals surface area (Å²) in [5.74, 6) is 1.64. The third-order valence-corrected chi connectivity index (χ3v) is 4.39. The smallest absolute Gasteiger partial charge is 0.222 e. The van der Waals surface area contributed by atoms with Crippen molar-refractivity contribution in [3.05, 3.63) is 22.8 Å². The van der Waals surface area contributed by atoms with Crippen molar-refractivity contribution < 1.29 is 4.79 Å². The van der Waals surface area contributed by atoms with Gasteiger partial charge in [-0.2, -0.15) is 0 Å². The van der Waals surface area contributed by atoms with Crippen molar-refractivity contribution in [3.63, 3.8) is 0 Å². The number of anilines is 1. The number of aromatic nitrogens is 1. The van der Waals surface area contributed by atoms with Crippen LogP contribution in [0.1, 0.15) is 19.8 Å². The number of carbonyl (C=O) groups excluding carboxylic acids is 1. The van der Waals surface area contributed by atoms with Gasteiger partial charge in [0.1, 0.15) is 5.82 Å². The minimum absolute atomic E-state index is 0.249. The Balaban J connectivity index is 1.80. The lowest BCUT2D eigenvalue weighted by atomic mass is 10.1. The van der Waals surface area contributed by atoms with Gasteiger partial charge in [0.2, 0.25) is 5.91 Å². The summed E-state index contributed by atoms with van der Waals surface area (Å²) in [4.78, 5) is 20.7. The number of piperazine rings is 1. The number of halogens is 1. The molecule has 1 fully saturated rings. The van der Waals surface area contributed by atoms with Gasteiger partial charge in [0.25, 0.3) is 0 Å². The van der Waals surface area contributed by atoms with Crippen LogP contribution in [0.4, 0.5) is 5.82 Å². The van der Waals surface area contributed by atoms with Gasteiger partial charge in [0.15, 0.2) is 0 Å². The number of hydrogen-bond acceptors (Lipinski definition) is 4. The number of pyridine rings is 1. The maximum atomic E-state index is 12.2. The number of nitrogens with zero attached hydrogens (tertiary/aromatic N) is 3. The average Bonchev–Trinajstić information content (AvgIpc) is 2.53. The van der Waals surface area contributed by atoms with Gasteiger partial charge >= 0.3 is 0 Å². The van der Waals surface area contributed by atoms with Crippen LogP contribution in [-0.2, 0) is 4.79 Å². The molecule has 1 saturated heterocycles. The molecule has 1 aliphatic rings. The second-order valence-electron chi connectivity index (χ2n) is 5.58. The van der Waals surface area contributed by atoms with Gasteiger partial charge < -0.3 is 15.5 Å². The van der Waals surface area contributed by atoms with Crippen molar-refractivity contribution in [3.8, 4) is 0 Å². The van der Waals surface area contributed by atoms with Crippen LogP contribution in [0.15, 0.2) is 22.8 Å². The third kappa shape index (κ3) is 4.68. The summed E-state index contributed by atoms with van der Waals surface area (Å²) in [6.45, 7) is 5.96. The van der Waals surface area contributed by atoms with E-state index in [9.17, 15) is 4.79 Å². The molecule has 2 rings (SSSR count). The first-order chi connectivity index (χ1) is 10.1. The SMILES string of the molecule is CC(CN)CCC(=O)N1CCN(c2ccc(Br)cn2)CC1. The average molecular weight is 355 g/mol. The van der Waals surface area contributed by atoms with Crippen LogP contribution in [0, 0.1) is 5.92 Å². The van der Waals surface area contributed by atoms with E-state index in [1.54, 1.807) is 6.20 Å². The Morgan fingerprint density at radius 3 is 2.67 bits per heavy atom. The van der Waals surface area contributed by atoms with Crippen LogP contribution in [0.2, 0.25) is 0 Å². The zero-order chi connectivity index (χ0) is 15.2. The summed E-state index contributed by atoms with van der Waals surface area (Å²) in [7, 11) is 0. The number of amides is 1. The van der Waals surface area contributed by atoms with E-state index in [4.69, 9.17) is 5.73 Å². The molecule has 0 spiro atoms. The van der Waals surface area contributed by atoms with Crippen molar-refractivity contribution in [1.29, 1.82) is 0 Å². The van der Waals surface area contributed by atoms with Gasteiger partial charge in [-0.25, -0.2) is 4.98 Å². The van der Waals surface area contributed by atoms with Crippen molar-refractivity contribution in [2.45, 2.75) is 19.8 Å². The molecule has 0 aromatic carbocycles. The van der Waals surface area contributed by atoms with E-state index in [0.717, 1.165) is 42.9 Å². The first-order valence-electron chi connectivity index (χ1n) is 7.44. The highest BCUT2D eigenvalue weighted by Crippen LogP contribution is 2.17. The van der Waals surface area contributed by atoms with E-state index in [0.29, 0.717) is 18.9 Å². The summed E-state index contributed by atoms with van der Waals surface area (Å²) in [6.07, 6.45) is 3.29. The Morgan fingerprint density at radius 2 is 2.10 bits per heavy atom. The van der Waals surface area contributed by atoms with E-state index in [2.05, 4.69) is 32.7 Å². The lowest BCUT2D eigenvalue weighted by molar-refractivity contribution is -0.131. The fraction of sp³-hybridized carbons (Fsp3) is 0.600. The molecule has 1 unspecified atom stereocenters. The molecule has 1 aromatic rings. The number of rotatable bonds is 5. The largest absolute Gasteiger partial charge is 0.353 e. The van der Waals surface area contributed by atoms with Crippen LogP contribution in [0.25, 0.3) is 0 Å². The molecule has 1 aliphatic heterocycles. The van der Waals surface area contributed by atoms with Gasteiger partial charge in [-0.05, 0) is 46.9 Å². The standard InChI is InChI=1S/C15H23BrN4O/c1-12(10-17)2-5-15(21)20-8-6-19(7-9-20)14-4-3-13(16)11-18-14/h3-4,11-12H,2,5-10,17H2,1H3. The van der Waals surface area contributed by atoms with Crippen LogP contribution in [-0.4, -0.2) is 48.5 Å². The molecule has 1 aromatic heterocycles. The second kappa shape index (κ2) is 7.75. The minimum atomic E-state index is 0.249. The zero-order valence-corrected chi connectivity index (χ0v) is 14.1. The lowest BCUT2D eigenvalue weighted by Crippen LogP contribution is -2.49. The Kier molecular flexibility index (Phi) is 5.99. The molecular weight excluding hydrogens is 332 g/mol. The number of carbonyl (C=O) groups is 1. The highest BCUT2D eigenvalue weighted by atomic mass is 79.9. The van der Waals surface area contributed by atoms with Crippen molar-refractivity contribution in [1.82, 2.24) is 9.88 Å². The highest BCUT2D eigenvalue weighted by molar-refractivity contribution is 9.10. The molecule has 0 saturated carbocycles. The second-order valence-corrected chi connectivity index (χ2v) is 6.50. The first kappa shape index (κ1) is 16.2. The maximum Gasteiger partial charge on any atom is 0.222 e.